The van der Waals surface area contributed by atoms with Crippen molar-refractivity contribution in [1.82, 2.24) is 0 Å². The quantitative estimate of drug-likeness (QED) is 0.276. The first-order valence-corrected chi connectivity index (χ1v) is 12.1. The lowest BCUT2D eigenvalue weighted by Crippen LogP contribution is -2.22. The minimum absolute atomic E-state index is 0.212. The molecule has 5 nitrogen and oxygen atoms in total. The molecule has 0 spiro atoms. The van der Waals surface area contributed by atoms with E-state index in [4.69, 9.17) is 30.2 Å². The first kappa shape index (κ1) is 19.6. The maximum Gasteiger partial charge on any atom is 0.343 e. The van der Waals surface area contributed by atoms with Crippen molar-refractivity contribution in [2.75, 3.05) is 20.5 Å². The van der Waals surface area contributed by atoms with E-state index in [1.165, 1.54) is 13.4 Å². The Kier molecular flexibility index (Phi) is 6.69. The fourth-order valence-electron chi connectivity index (χ4n) is 2.09. The van der Waals surface area contributed by atoms with Crippen LogP contribution in [0.25, 0.3) is 11.3 Å². The van der Waals surface area contributed by atoms with Crippen LogP contribution in [0.2, 0.25) is 30.7 Å². The standard InChI is InChI=1S/C18H23ClO5Si/c1-21-18(20)16-15(19)11-23-17(16)13-5-7-14(8-6-13)24-12-22-9-10-25(2,3)4/h5-8,11H,9-10,12H2,1-4H3. The Labute approximate surface area is 153 Å². The van der Waals surface area contributed by atoms with Crippen molar-refractivity contribution in [3.8, 4) is 17.1 Å². The summed E-state index contributed by atoms with van der Waals surface area (Å²) in [7, 11) is 0.213. The summed E-state index contributed by atoms with van der Waals surface area (Å²) < 4.78 is 21.2. The average Bonchev–Trinajstić information content (AvgIpc) is 2.95. The Hall–Kier alpha value is -1.76. The Morgan fingerprint density at radius 3 is 2.48 bits per heavy atom. The average molecular weight is 383 g/mol. The van der Waals surface area contributed by atoms with Crippen LogP contribution in [0.3, 0.4) is 0 Å². The number of hydrogen-bond donors (Lipinski definition) is 0. The molecule has 7 heteroatoms. The highest BCUT2D eigenvalue weighted by molar-refractivity contribution is 6.76. The highest BCUT2D eigenvalue weighted by Gasteiger charge is 2.21. The van der Waals surface area contributed by atoms with Crippen molar-refractivity contribution < 1.29 is 23.4 Å². The van der Waals surface area contributed by atoms with Gasteiger partial charge >= 0.3 is 5.97 Å². The number of rotatable bonds is 8. The van der Waals surface area contributed by atoms with E-state index in [2.05, 4.69) is 19.6 Å². The maximum absolute atomic E-state index is 11.8. The van der Waals surface area contributed by atoms with Gasteiger partial charge in [-0.05, 0) is 30.3 Å². The van der Waals surface area contributed by atoms with E-state index in [1.54, 1.807) is 24.3 Å². The molecule has 0 atom stereocenters. The number of methoxy groups -OCH3 is 1. The fourth-order valence-corrected chi connectivity index (χ4v) is 3.06. The van der Waals surface area contributed by atoms with Gasteiger partial charge in [0.25, 0.3) is 0 Å². The molecule has 0 saturated heterocycles. The van der Waals surface area contributed by atoms with E-state index in [9.17, 15) is 4.79 Å². The van der Waals surface area contributed by atoms with Gasteiger partial charge in [0.15, 0.2) is 6.79 Å². The lowest BCUT2D eigenvalue weighted by molar-refractivity contribution is 0.0220. The van der Waals surface area contributed by atoms with Crippen molar-refractivity contribution >= 4 is 25.6 Å². The van der Waals surface area contributed by atoms with Crippen LogP contribution >= 0.6 is 11.6 Å². The molecule has 2 rings (SSSR count). The summed E-state index contributed by atoms with van der Waals surface area (Å²) in [5.74, 6) is 0.508. The largest absolute Gasteiger partial charge is 0.468 e. The molecule has 0 fully saturated rings. The van der Waals surface area contributed by atoms with Crippen molar-refractivity contribution in [1.29, 1.82) is 0 Å². The van der Waals surface area contributed by atoms with Gasteiger partial charge < -0.3 is 18.6 Å². The molecule has 0 N–H and O–H groups in total. The van der Waals surface area contributed by atoms with Crippen LogP contribution in [0.5, 0.6) is 5.75 Å². The molecule has 0 aliphatic rings. The van der Waals surface area contributed by atoms with Gasteiger partial charge in [0, 0.05) is 20.2 Å². The highest BCUT2D eigenvalue weighted by Crippen LogP contribution is 2.32. The SMILES string of the molecule is COC(=O)c1c(Cl)coc1-c1ccc(OCOCC[Si](C)(C)C)cc1. The van der Waals surface area contributed by atoms with Gasteiger partial charge in [-0.2, -0.15) is 0 Å². The Bertz CT molecular complexity index is 703. The van der Waals surface area contributed by atoms with Crippen LogP contribution in [0.15, 0.2) is 34.9 Å². The predicted octanol–water partition coefficient (Wildman–Crippen LogP) is 5.08. The molecule has 1 heterocycles. The van der Waals surface area contributed by atoms with Gasteiger partial charge in [-0.25, -0.2) is 4.79 Å². The summed E-state index contributed by atoms with van der Waals surface area (Å²) in [6.07, 6.45) is 1.32. The molecule has 25 heavy (non-hydrogen) atoms. The van der Waals surface area contributed by atoms with Crippen molar-refractivity contribution in [3.63, 3.8) is 0 Å². The summed E-state index contributed by atoms with van der Waals surface area (Å²) in [5.41, 5.74) is 0.923. The van der Waals surface area contributed by atoms with Crippen LogP contribution < -0.4 is 4.74 Å². The summed E-state index contributed by atoms with van der Waals surface area (Å²) in [6.45, 7) is 7.84. The lowest BCUT2D eigenvalue weighted by Gasteiger charge is -2.15. The normalized spacial score (nSPS) is 11.4. The smallest absolute Gasteiger partial charge is 0.343 e. The Morgan fingerprint density at radius 1 is 1.20 bits per heavy atom. The number of carbonyl (C=O) groups excluding carboxylic acids is 1. The molecule has 1 aromatic carbocycles. The van der Waals surface area contributed by atoms with E-state index in [1.807, 2.05) is 0 Å². The van der Waals surface area contributed by atoms with Crippen LogP contribution in [-0.4, -0.2) is 34.6 Å². The van der Waals surface area contributed by atoms with Crippen LogP contribution in [-0.2, 0) is 9.47 Å². The number of halogens is 1. The minimum Gasteiger partial charge on any atom is -0.468 e. The van der Waals surface area contributed by atoms with Gasteiger partial charge in [0.1, 0.15) is 23.3 Å². The zero-order chi connectivity index (χ0) is 18.4. The molecule has 136 valence electrons. The number of benzene rings is 1. The molecule has 0 amide bonds. The van der Waals surface area contributed by atoms with E-state index >= 15 is 0 Å². The Balaban J connectivity index is 1.96. The minimum atomic E-state index is -1.09. The summed E-state index contributed by atoms with van der Waals surface area (Å²) >= 11 is 6.00. The van der Waals surface area contributed by atoms with Crippen LogP contribution in [0.4, 0.5) is 0 Å². The topological polar surface area (TPSA) is 57.9 Å². The first-order chi connectivity index (χ1) is 11.8. The Morgan fingerprint density at radius 2 is 1.88 bits per heavy atom. The molecule has 0 radical (unpaired) electrons. The van der Waals surface area contributed by atoms with Gasteiger partial charge in [0.05, 0.1) is 12.1 Å². The predicted molar refractivity (Wildman–Crippen MR) is 100 cm³/mol. The van der Waals surface area contributed by atoms with Gasteiger partial charge in [0.2, 0.25) is 0 Å². The van der Waals surface area contributed by atoms with E-state index in [0.717, 1.165) is 6.04 Å². The summed E-state index contributed by atoms with van der Waals surface area (Å²) in [6, 6.07) is 8.26. The van der Waals surface area contributed by atoms with Crippen molar-refractivity contribution in [3.05, 3.63) is 41.1 Å². The third kappa shape index (κ3) is 5.62. The second-order valence-electron chi connectivity index (χ2n) is 6.78. The van der Waals surface area contributed by atoms with E-state index in [0.29, 0.717) is 23.7 Å². The fraction of sp³-hybridized carbons (Fsp3) is 0.389. The molecule has 0 saturated carbocycles. The second kappa shape index (κ2) is 8.56. The zero-order valence-electron chi connectivity index (χ0n) is 14.9. The molecule has 2 aromatic rings. The molecule has 0 bridgehead atoms. The van der Waals surface area contributed by atoms with E-state index in [-0.39, 0.29) is 17.4 Å². The molecular formula is C18H23ClO5Si. The molecule has 1 aromatic heterocycles. The summed E-state index contributed by atoms with van der Waals surface area (Å²) in [5, 5.41) is 0.220. The number of esters is 1. The number of furan rings is 1. The van der Waals surface area contributed by atoms with Crippen molar-refractivity contribution in [2.45, 2.75) is 25.7 Å². The lowest BCUT2D eigenvalue weighted by atomic mass is 10.1. The monoisotopic (exact) mass is 382 g/mol. The molecular weight excluding hydrogens is 360 g/mol. The molecule has 0 aliphatic heterocycles. The number of ether oxygens (including phenoxy) is 3. The summed E-state index contributed by atoms with van der Waals surface area (Å²) in [4.78, 5) is 11.8. The van der Waals surface area contributed by atoms with Crippen LogP contribution in [0.1, 0.15) is 10.4 Å². The molecule has 0 aliphatic carbocycles. The van der Waals surface area contributed by atoms with E-state index < -0.39 is 14.0 Å². The number of carbonyl (C=O) groups is 1. The van der Waals surface area contributed by atoms with Crippen LogP contribution in [0, 0.1) is 0 Å². The van der Waals surface area contributed by atoms with Gasteiger partial charge in [-0.1, -0.05) is 31.2 Å². The third-order valence-corrected chi connectivity index (χ3v) is 5.54. The third-order valence-electron chi connectivity index (χ3n) is 3.56. The zero-order valence-corrected chi connectivity index (χ0v) is 16.7. The van der Waals surface area contributed by atoms with Crippen molar-refractivity contribution in [2.24, 2.45) is 0 Å². The van der Waals surface area contributed by atoms with Gasteiger partial charge in [-0.3, -0.25) is 0 Å². The first-order valence-electron chi connectivity index (χ1n) is 7.98. The molecule has 0 unspecified atom stereocenters. The van der Waals surface area contributed by atoms with Gasteiger partial charge in [-0.15, -0.1) is 0 Å². The maximum atomic E-state index is 11.8. The highest BCUT2D eigenvalue weighted by atomic mass is 35.5. The second-order valence-corrected chi connectivity index (χ2v) is 12.8. The number of hydrogen-bond acceptors (Lipinski definition) is 5.